The molecule has 0 amide bonds. The van der Waals surface area contributed by atoms with Crippen LogP contribution in [0, 0.1) is 13.8 Å². The van der Waals surface area contributed by atoms with E-state index in [1.165, 1.54) is 6.33 Å². The summed E-state index contributed by atoms with van der Waals surface area (Å²) in [5.41, 5.74) is 2.41. The quantitative estimate of drug-likeness (QED) is 0.587. The first-order valence-electron chi connectivity index (χ1n) is 5.20. The Kier molecular flexibility index (Phi) is 3.13. The molecular weight excluding hydrogens is 225 g/mol. The highest BCUT2D eigenvalue weighted by molar-refractivity contribution is 6.34. The lowest BCUT2D eigenvalue weighted by atomic mass is 10.3. The van der Waals surface area contributed by atoms with E-state index in [1.807, 2.05) is 37.3 Å². The van der Waals surface area contributed by atoms with E-state index in [-0.39, 0.29) is 0 Å². The zero-order chi connectivity index (χ0) is 12.4. The fourth-order valence-corrected chi connectivity index (χ4v) is 1.65. The van der Waals surface area contributed by atoms with Gasteiger partial charge in [0.15, 0.2) is 11.4 Å². The lowest BCUT2D eigenvalue weighted by molar-refractivity contribution is -0.603. The largest absolute Gasteiger partial charge is 0.835 e. The van der Waals surface area contributed by atoms with Crippen LogP contribution in [0.25, 0.3) is 5.69 Å². The van der Waals surface area contributed by atoms with E-state index >= 15 is 0 Å². The molecule has 0 atom stereocenters. The average molecular weight is 237 g/mol. The Morgan fingerprint density at radius 3 is 2.41 bits per heavy atom. The van der Waals surface area contributed by atoms with Gasteiger partial charge in [0.05, 0.1) is 0 Å². The molecule has 0 aliphatic rings. The van der Waals surface area contributed by atoms with E-state index < -0.39 is 7.47 Å². The molecular formula is C11H12BF2N2O+. The van der Waals surface area contributed by atoms with E-state index in [0.29, 0.717) is 5.69 Å². The standard InChI is InChI=1S/C11H12BF2N2O/c1-9-10(2)16(17-12(13)14)8-15(9)11-6-4-3-5-7-11/h3-8H,1-2H3/q+1. The van der Waals surface area contributed by atoms with Gasteiger partial charge in [0.1, 0.15) is 5.69 Å². The molecule has 0 saturated carbocycles. The van der Waals surface area contributed by atoms with Gasteiger partial charge in [-0.05, 0) is 12.1 Å². The summed E-state index contributed by atoms with van der Waals surface area (Å²) in [4.78, 5) is 0. The first kappa shape index (κ1) is 11.6. The SMILES string of the molecule is Cc1c(C)[n+](-c2ccccc2)cn1OB(F)F. The molecule has 88 valence electrons. The molecule has 0 N–H and O–H groups in total. The number of hydrogen-bond donors (Lipinski definition) is 0. The van der Waals surface area contributed by atoms with Gasteiger partial charge in [-0.3, -0.25) is 0 Å². The van der Waals surface area contributed by atoms with E-state index in [2.05, 4.69) is 4.76 Å². The Morgan fingerprint density at radius 2 is 1.82 bits per heavy atom. The number of aromatic nitrogens is 2. The number of halogens is 2. The third-order valence-corrected chi connectivity index (χ3v) is 2.66. The van der Waals surface area contributed by atoms with Crippen LogP contribution in [0.4, 0.5) is 8.63 Å². The summed E-state index contributed by atoms with van der Waals surface area (Å²) in [5.74, 6) is 0. The first-order chi connectivity index (χ1) is 8.09. The molecule has 3 nitrogen and oxygen atoms in total. The van der Waals surface area contributed by atoms with Gasteiger partial charge in [0.2, 0.25) is 0 Å². The summed E-state index contributed by atoms with van der Waals surface area (Å²) in [7, 11) is -2.83. The Morgan fingerprint density at radius 1 is 1.18 bits per heavy atom. The summed E-state index contributed by atoms with van der Waals surface area (Å²) in [6.45, 7) is 3.59. The molecule has 0 spiro atoms. The topological polar surface area (TPSA) is 18.0 Å². The molecule has 1 aromatic heterocycles. The summed E-state index contributed by atoms with van der Waals surface area (Å²) < 4.78 is 31.7. The highest BCUT2D eigenvalue weighted by Crippen LogP contribution is 2.06. The zero-order valence-corrected chi connectivity index (χ0v) is 9.60. The minimum Gasteiger partial charge on any atom is -0.326 e. The molecule has 0 aliphatic carbocycles. The molecule has 1 heterocycles. The van der Waals surface area contributed by atoms with Crippen LogP contribution in [-0.4, -0.2) is 12.2 Å². The van der Waals surface area contributed by atoms with Gasteiger partial charge in [-0.25, -0.2) is 8.63 Å². The molecule has 17 heavy (non-hydrogen) atoms. The van der Waals surface area contributed by atoms with Crippen molar-refractivity contribution in [2.45, 2.75) is 13.8 Å². The Labute approximate surface area is 98.4 Å². The van der Waals surface area contributed by atoms with Crippen molar-refractivity contribution in [2.24, 2.45) is 0 Å². The van der Waals surface area contributed by atoms with Crippen LogP contribution in [0.5, 0.6) is 0 Å². The zero-order valence-electron chi connectivity index (χ0n) is 9.60. The van der Waals surface area contributed by atoms with Gasteiger partial charge in [0.25, 0.3) is 6.33 Å². The number of hydrogen-bond acceptors (Lipinski definition) is 1. The van der Waals surface area contributed by atoms with Crippen molar-refractivity contribution in [3.63, 3.8) is 0 Å². The van der Waals surface area contributed by atoms with Crippen LogP contribution in [0.1, 0.15) is 11.4 Å². The van der Waals surface area contributed by atoms with E-state index in [0.717, 1.165) is 16.1 Å². The summed E-state index contributed by atoms with van der Waals surface area (Å²) in [6, 6.07) is 9.49. The number of para-hydroxylation sites is 1. The number of benzene rings is 1. The van der Waals surface area contributed by atoms with Crippen molar-refractivity contribution in [2.75, 3.05) is 0 Å². The van der Waals surface area contributed by atoms with Crippen molar-refractivity contribution in [3.8, 4) is 5.69 Å². The lowest BCUT2D eigenvalue weighted by Gasteiger charge is -1.95. The fraction of sp³-hybridized carbons (Fsp3) is 0.182. The van der Waals surface area contributed by atoms with E-state index in [4.69, 9.17) is 0 Å². The van der Waals surface area contributed by atoms with Crippen LogP contribution in [-0.2, 0) is 0 Å². The molecule has 6 heteroatoms. The Balaban J connectivity index is 2.43. The van der Waals surface area contributed by atoms with Gasteiger partial charge in [-0.1, -0.05) is 22.9 Å². The predicted molar refractivity (Wildman–Crippen MR) is 60.0 cm³/mol. The van der Waals surface area contributed by atoms with Gasteiger partial charge < -0.3 is 4.76 Å². The molecule has 2 aromatic rings. The second kappa shape index (κ2) is 4.57. The summed E-state index contributed by atoms with van der Waals surface area (Å²) in [6.07, 6.45) is 1.51. The normalized spacial score (nSPS) is 10.4. The monoisotopic (exact) mass is 237 g/mol. The molecule has 0 fully saturated rings. The third kappa shape index (κ3) is 2.30. The predicted octanol–water partition coefficient (Wildman–Crippen LogP) is 1.73. The maximum Gasteiger partial charge on any atom is 0.835 e. The van der Waals surface area contributed by atoms with Crippen molar-refractivity contribution < 1.29 is 18.0 Å². The highest BCUT2D eigenvalue weighted by atomic mass is 19.2. The van der Waals surface area contributed by atoms with Gasteiger partial charge >= 0.3 is 7.47 Å². The minimum absolute atomic E-state index is 0.647. The summed E-state index contributed by atoms with van der Waals surface area (Å²) in [5, 5.41) is 0. The smallest absolute Gasteiger partial charge is 0.326 e. The molecule has 0 saturated heterocycles. The molecule has 0 unspecified atom stereocenters. The molecule has 0 radical (unpaired) electrons. The van der Waals surface area contributed by atoms with Gasteiger partial charge in [-0.2, -0.15) is 4.57 Å². The highest BCUT2D eigenvalue weighted by Gasteiger charge is 2.27. The second-order valence-corrected chi connectivity index (χ2v) is 3.68. The number of rotatable bonds is 3. The number of imidazole rings is 1. The molecule has 0 bridgehead atoms. The van der Waals surface area contributed by atoms with Crippen molar-refractivity contribution >= 4 is 7.47 Å². The third-order valence-electron chi connectivity index (χ3n) is 2.66. The molecule has 1 aromatic carbocycles. The van der Waals surface area contributed by atoms with E-state index in [1.54, 1.807) is 11.5 Å². The number of nitrogens with zero attached hydrogens (tertiary/aromatic N) is 2. The van der Waals surface area contributed by atoms with Gasteiger partial charge in [-0.15, -0.1) is 0 Å². The first-order valence-corrected chi connectivity index (χ1v) is 5.20. The van der Waals surface area contributed by atoms with Crippen LogP contribution >= 0.6 is 0 Å². The Hall–Kier alpha value is -1.85. The van der Waals surface area contributed by atoms with Crippen LogP contribution in [0.15, 0.2) is 36.7 Å². The molecule has 2 rings (SSSR count). The lowest BCUT2D eigenvalue weighted by Crippen LogP contribution is -2.32. The van der Waals surface area contributed by atoms with Crippen LogP contribution in [0.3, 0.4) is 0 Å². The maximum absolute atomic E-state index is 12.2. The minimum atomic E-state index is -2.83. The average Bonchev–Trinajstić information content (AvgIpc) is 2.58. The van der Waals surface area contributed by atoms with Crippen LogP contribution in [0.2, 0.25) is 0 Å². The van der Waals surface area contributed by atoms with Crippen LogP contribution < -0.4 is 9.32 Å². The Bertz CT molecular complexity index is 514. The van der Waals surface area contributed by atoms with Crippen molar-refractivity contribution in [3.05, 3.63) is 48.0 Å². The van der Waals surface area contributed by atoms with Gasteiger partial charge in [0, 0.05) is 13.8 Å². The van der Waals surface area contributed by atoms with E-state index in [9.17, 15) is 8.63 Å². The van der Waals surface area contributed by atoms with Crippen molar-refractivity contribution in [1.29, 1.82) is 0 Å². The summed E-state index contributed by atoms with van der Waals surface area (Å²) >= 11 is 0. The van der Waals surface area contributed by atoms with Crippen molar-refractivity contribution in [1.82, 2.24) is 4.73 Å². The maximum atomic E-state index is 12.2. The second-order valence-electron chi connectivity index (χ2n) is 3.68. The fourth-order valence-electron chi connectivity index (χ4n) is 1.65. The molecule has 0 aliphatic heterocycles.